The quantitative estimate of drug-likeness (QED) is 0.734. The zero-order valence-corrected chi connectivity index (χ0v) is 15.2. The Morgan fingerprint density at radius 1 is 1.35 bits per heavy atom. The predicted octanol–water partition coefficient (Wildman–Crippen LogP) is 4.49. The summed E-state index contributed by atoms with van der Waals surface area (Å²) in [5, 5.41) is 0. The average Bonchev–Trinajstić information content (AvgIpc) is 2.98. The van der Waals surface area contributed by atoms with Gasteiger partial charge in [-0.15, -0.1) is 0 Å². The number of aldehydes is 1. The number of hydrogen-bond acceptors (Lipinski definition) is 3. The van der Waals surface area contributed by atoms with Gasteiger partial charge in [0.05, 0.1) is 6.04 Å². The van der Waals surface area contributed by atoms with E-state index in [-0.39, 0.29) is 18.6 Å². The molecule has 1 aliphatic heterocycles. The van der Waals surface area contributed by atoms with Crippen molar-refractivity contribution < 1.29 is 14.3 Å². The van der Waals surface area contributed by atoms with Crippen molar-refractivity contribution >= 4 is 18.0 Å². The number of ether oxygens (including phenoxy) is 1. The summed E-state index contributed by atoms with van der Waals surface area (Å²) in [6.45, 7) is 6.77. The molecule has 1 heterocycles. The molecule has 0 spiro atoms. The molecule has 26 heavy (non-hydrogen) atoms. The van der Waals surface area contributed by atoms with Crippen molar-refractivity contribution in [2.45, 2.75) is 38.1 Å². The van der Waals surface area contributed by atoms with Crippen LogP contribution in [0, 0.1) is 0 Å². The molecule has 0 bridgehead atoms. The number of hydrogen-bond donors (Lipinski definition) is 0. The van der Waals surface area contributed by atoms with Crippen LogP contribution in [-0.4, -0.2) is 36.5 Å². The van der Waals surface area contributed by atoms with Crippen LogP contribution in [0.25, 0.3) is 5.57 Å². The third-order valence-corrected chi connectivity index (χ3v) is 5.18. The highest BCUT2D eigenvalue weighted by molar-refractivity contribution is 5.86. The van der Waals surface area contributed by atoms with E-state index < -0.39 is 6.09 Å². The molecule has 2 aliphatic rings. The number of nitrogens with zero attached hydrogens (tertiary/aromatic N) is 1. The summed E-state index contributed by atoms with van der Waals surface area (Å²) in [6, 6.07) is 7.79. The molecule has 1 aromatic carbocycles. The second kappa shape index (κ2) is 8.17. The Bertz CT molecular complexity index is 762. The molecule has 1 amide bonds. The van der Waals surface area contributed by atoms with Crippen molar-refractivity contribution in [1.82, 2.24) is 4.90 Å². The van der Waals surface area contributed by atoms with Gasteiger partial charge in [0, 0.05) is 12.5 Å². The molecule has 4 heteroatoms. The van der Waals surface area contributed by atoms with Gasteiger partial charge in [-0.05, 0) is 48.5 Å². The number of carbonyl (C=O) groups excluding carboxylic acids is 2. The van der Waals surface area contributed by atoms with Crippen LogP contribution in [0.3, 0.4) is 0 Å². The van der Waals surface area contributed by atoms with E-state index >= 15 is 0 Å². The standard InChI is InChI=1S/C22H25NO3/c1-3-9-18-17(4-2)19-11-5-6-12-20(19)21(18)15-26-22(25)23-13-8-7-10-16(23)14-24/h3-6,9,11-12,14,16,21H,2,7-8,10,13,15H2,1H3/b9-3-. The van der Waals surface area contributed by atoms with E-state index in [0.717, 1.165) is 47.8 Å². The van der Waals surface area contributed by atoms with Crippen LogP contribution in [0.1, 0.15) is 43.2 Å². The van der Waals surface area contributed by atoms with Crippen molar-refractivity contribution in [2.75, 3.05) is 13.2 Å². The molecule has 1 aromatic rings. The van der Waals surface area contributed by atoms with Gasteiger partial charge >= 0.3 is 6.09 Å². The third-order valence-electron chi connectivity index (χ3n) is 5.18. The van der Waals surface area contributed by atoms with Gasteiger partial charge in [0.15, 0.2) is 0 Å². The fraction of sp³-hybridized carbons (Fsp3) is 0.364. The minimum atomic E-state index is -0.397. The van der Waals surface area contributed by atoms with Crippen LogP contribution in [0.15, 0.2) is 54.6 Å². The fourth-order valence-corrected chi connectivity index (χ4v) is 3.91. The van der Waals surface area contributed by atoms with Crippen LogP contribution in [0.5, 0.6) is 0 Å². The molecule has 0 saturated carbocycles. The molecule has 2 unspecified atom stereocenters. The van der Waals surface area contributed by atoms with Crippen molar-refractivity contribution in [3.8, 4) is 0 Å². The molecule has 4 nitrogen and oxygen atoms in total. The van der Waals surface area contributed by atoms with Crippen LogP contribution < -0.4 is 0 Å². The van der Waals surface area contributed by atoms with Crippen LogP contribution in [-0.2, 0) is 9.53 Å². The Balaban J connectivity index is 1.79. The Hall–Kier alpha value is -2.62. The number of likely N-dealkylation sites (tertiary alicyclic amines) is 1. The summed E-state index contributed by atoms with van der Waals surface area (Å²) in [5.41, 5.74) is 4.49. The normalized spacial score (nSPS) is 22.4. The summed E-state index contributed by atoms with van der Waals surface area (Å²) in [5.74, 6) is -0.0150. The number of benzene rings is 1. The molecule has 0 radical (unpaired) electrons. The summed E-state index contributed by atoms with van der Waals surface area (Å²) < 4.78 is 5.65. The van der Waals surface area contributed by atoms with Gasteiger partial charge in [-0.3, -0.25) is 4.90 Å². The first kappa shape index (κ1) is 18.2. The largest absolute Gasteiger partial charge is 0.448 e. The van der Waals surface area contributed by atoms with Crippen molar-refractivity contribution in [3.63, 3.8) is 0 Å². The number of allylic oxidation sites excluding steroid dienone is 4. The molecular weight excluding hydrogens is 326 g/mol. The second-order valence-corrected chi connectivity index (χ2v) is 6.68. The van der Waals surface area contributed by atoms with Crippen molar-refractivity contribution in [3.05, 3.63) is 65.8 Å². The lowest BCUT2D eigenvalue weighted by Gasteiger charge is -2.31. The van der Waals surface area contributed by atoms with E-state index in [2.05, 4.69) is 24.8 Å². The van der Waals surface area contributed by atoms with Gasteiger partial charge in [-0.25, -0.2) is 4.79 Å². The third kappa shape index (κ3) is 3.36. The van der Waals surface area contributed by atoms with E-state index in [9.17, 15) is 9.59 Å². The minimum Gasteiger partial charge on any atom is -0.448 e. The first-order valence-corrected chi connectivity index (χ1v) is 9.18. The van der Waals surface area contributed by atoms with E-state index in [4.69, 9.17) is 4.74 Å². The van der Waals surface area contributed by atoms with Crippen LogP contribution >= 0.6 is 0 Å². The molecule has 1 fully saturated rings. The van der Waals surface area contributed by atoms with Gasteiger partial charge < -0.3 is 9.53 Å². The van der Waals surface area contributed by atoms with Gasteiger partial charge in [0.1, 0.15) is 12.9 Å². The highest BCUT2D eigenvalue weighted by Crippen LogP contribution is 2.43. The Morgan fingerprint density at radius 3 is 2.88 bits per heavy atom. The minimum absolute atomic E-state index is 0.0150. The summed E-state index contributed by atoms with van der Waals surface area (Å²) in [4.78, 5) is 25.3. The topological polar surface area (TPSA) is 46.6 Å². The fourth-order valence-electron chi connectivity index (χ4n) is 3.91. The first-order chi connectivity index (χ1) is 12.7. The number of rotatable bonds is 5. The average molecular weight is 351 g/mol. The summed E-state index contributed by atoms with van der Waals surface area (Å²) in [6.07, 6.45) is 8.98. The zero-order chi connectivity index (χ0) is 18.5. The zero-order valence-electron chi connectivity index (χ0n) is 15.2. The maximum absolute atomic E-state index is 12.5. The maximum atomic E-state index is 12.5. The van der Waals surface area contributed by atoms with Gasteiger partial charge in [-0.1, -0.05) is 49.1 Å². The number of amides is 1. The molecule has 1 aliphatic carbocycles. The lowest BCUT2D eigenvalue weighted by atomic mass is 9.96. The number of carbonyl (C=O) groups is 2. The molecular formula is C22H25NO3. The number of fused-ring (bicyclic) bond motifs is 1. The lowest BCUT2D eigenvalue weighted by Crippen LogP contribution is -2.45. The molecule has 1 saturated heterocycles. The maximum Gasteiger partial charge on any atom is 0.410 e. The Labute approximate surface area is 154 Å². The highest BCUT2D eigenvalue weighted by Gasteiger charge is 2.32. The molecule has 0 N–H and O–H groups in total. The van der Waals surface area contributed by atoms with Crippen molar-refractivity contribution in [1.29, 1.82) is 0 Å². The van der Waals surface area contributed by atoms with E-state index in [0.29, 0.717) is 6.54 Å². The smallest absolute Gasteiger partial charge is 0.410 e. The molecule has 3 rings (SSSR count). The van der Waals surface area contributed by atoms with E-state index in [1.165, 1.54) is 0 Å². The Kier molecular flexibility index (Phi) is 5.71. The van der Waals surface area contributed by atoms with Crippen LogP contribution in [0.2, 0.25) is 0 Å². The van der Waals surface area contributed by atoms with E-state index in [1.54, 1.807) is 4.90 Å². The SMILES string of the molecule is C=CC1=C(/C=C\C)C(COC(=O)N2CCCCC2C=O)c2ccccc21. The summed E-state index contributed by atoms with van der Waals surface area (Å²) in [7, 11) is 0. The molecule has 0 aromatic heterocycles. The van der Waals surface area contributed by atoms with Gasteiger partial charge in [-0.2, -0.15) is 0 Å². The van der Waals surface area contributed by atoms with Gasteiger partial charge in [0.2, 0.25) is 0 Å². The first-order valence-electron chi connectivity index (χ1n) is 9.18. The molecule has 2 atom stereocenters. The lowest BCUT2D eigenvalue weighted by molar-refractivity contribution is -0.113. The van der Waals surface area contributed by atoms with Crippen molar-refractivity contribution in [2.24, 2.45) is 0 Å². The van der Waals surface area contributed by atoms with Gasteiger partial charge in [0.25, 0.3) is 0 Å². The summed E-state index contributed by atoms with van der Waals surface area (Å²) >= 11 is 0. The van der Waals surface area contributed by atoms with E-state index in [1.807, 2.05) is 31.2 Å². The number of piperidine rings is 1. The monoisotopic (exact) mass is 351 g/mol. The molecule has 136 valence electrons. The Morgan fingerprint density at radius 2 is 2.15 bits per heavy atom. The predicted molar refractivity (Wildman–Crippen MR) is 103 cm³/mol. The highest BCUT2D eigenvalue weighted by atomic mass is 16.6. The van der Waals surface area contributed by atoms with Crippen LogP contribution in [0.4, 0.5) is 4.79 Å². The second-order valence-electron chi connectivity index (χ2n) is 6.68.